The van der Waals surface area contributed by atoms with Gasteiger partial charge in [0, 0.05) is 26.1 Å². The highest BCUT2D eigenvalue weighted by atomic mass is 16.5. The van der Waals surface area contributed by atoms with Crippen molar-refractivity contribution in [2.45, 2.75) is 40.0 Å². The van der Waals surface area contributed by atoms with E-state index in [1.165, 1.54) is 25.8 Å². The number of amides is 1. The van der Waals surface area contributed by atoms with Gasteiger partial charge in [0.05, 0.1) is 13.2 Å². The van der Waals surface area contributed by atoms with Gasteiger partial charge in [-0.15, -0.1) is 0 Å². The average molecular weight is 258 g/mol. The van der Waals surface area contributed by atoms with Crippen molar-refractivity contribution in [1.82, 2.24) is 10.2 Å². The first-order chi connectivity index (χ1) is 8.61. The normalized spacial score (nSPS) is 16.1. The van der Waals surface area contributed by atoms with Crippen molar-refractivity contribution in [3.05, 3.63) is 0 Å². The van der Waals surface area contributed by atoms with Crippen molar-refractivity contribution in [2.24, 2.45) is 5.92 Å². The first-order valence-corrected chi connectivity index (χ1v) is 7.13. The average Bonchev–Trinajstić information content (AvgIpc) is 2.40. The van der Waals surface area contributed by atoms with Crippen LogP contribution in [0.1, 0.15) is 40.0 Å². The van der Waals surface area contributed by atoms with Crippen LogP contribution in [0.2, 0.25) is 0 Å². The van der Waals surface area contributed by atoms with Crippen molar-refractivity contribution in [3.8, 4) is 0 Å². The molecule has 0 spiro atoms. The third-order valence-electron chi connectivity index (χ3n) is 2.95. The summed E-state index contributed by atoms with van der Waals surface area (Å²) in [4.78, 5) is 12.9. The maximum Gasteiger partial charge on any atom is 0.222 e. The molecule has 1 aliphatic heterocycles. The molecule has 1 N–H and O–H groups in total. The van der Waals surface area contributed by atoms with E-state index in [-0.39, 0.29) is 11.8 Å². The minimum atomic E-state index is 0.0972. The molecule has 108 valence electrons. The number of carbonyl (C=O) groups excluding carboxylic acids is 1. The Balaban J connectivity index is 0.000000360. The van der Waals surface area contributed by atoms with E-state index in [0.29, 0.717) is 0 Å². The molecule has 4 heteroatoms. The lowest BCUT2D eigenvalue weighted by atomic mass is 10.2. The number of carbonyl (C=O) groups is 1. The van der Waals surface area contributed by atoms with Crippen LogP contribution in [-0.2, 0) is 9.53 Å². The number of unbranched alkanes of at least 4 members (excludes halogenated alkanes) is 2. The summed E-state index contributed by atoms with van der Waals surface area (Å²) < 4.78 is 5.26. The second-order valence-corrected chi connectivity index (χ2v) is 4.93. The first kappa shape index (κ1) is 17.4. The molecule has 0 atom stereocenters. The molecular formula is C14H30N2O2. The van der Waals surface area contributed by atoms with E-state index in [1.807, 2.05) is 13.8 Å². The largest absolute Gasteiger partial charge is 0.379 e. The van der Waals surface area contributed by atoms with Gasteiger partial charge in [0.1, 0.15) is 0 Å². The van der Waals surface area contributed by atoms with Crippen molar-refractivity contribution in [1.29, 1.82) is 0 Å². The molecule has 1 saturated heterocycles. The lowest BCUT2D eigenvalue weighted by molar-refractivity contribution is -0.123. The molecule has 0 bridgehead atoms. The minimum absolute atomic E-state index is 0.0972. The quantitative estimate of drug-likeness (QED) is 0.766. The molecule has 1 heterocycles. The van der Waals surface area contributed by atoms with E-state index < -0.39 is 0 Å². The number of hydrogen-bond acceptors (Lipinski definition) is 3. The van der Waals surface area contributed by atoms with Crippen LogP contribution in [0.3, 0.4) is 0 Å². The van der Waals surface area contributed by atoms with Crippen molar-refractivity contribution < 1.29 is 9.53 Å². The predicted molar refractivity (Wildman–Crippen MR) is 75.7 cm³/mol. The summed E-state index contributed by atoms with van der Waals surface area (Å²) in [5, 5.41) is 2.53. The first-order valence-electron chi connectivity index (χ1n) is 7.13. The Bertz CT molecular complexity index is 202. The fourth-order valence-corrected chi connectivity index (χ4v) is 1.70. The number of hydrogen-bond donors (Lipinski definition) is 1. The zero-order valence-electron chi connectivity index (χ0n) is 12.5. The summed E-state index contributed by atoms with van der Waals surface area (Å²) >= 11 is 0. The highest BCUT2D eigenvalue weighted by molar-refractivity contribution is 5.77. The number of morpholine rings is 1. The zero-order valence-corrected chi connectivity index (χ0v) is 12.5. The van der Waals surface area contributed by atoms with Gasteiger partial charge < -0.3 is 10.1 Å². The summed E-state index contributed by atoms with van der Waals surface area (Å²) in [7, 11) is 1.64. The molecule has 1 amide bonds. The molecule has 0 aliphatic carbocycles. The highest BCUT2D eigenvalue weighted by Crippen LogP contribution is 2.01. The Morgan fingerprint density at radius 3 is 2.28 bits per heavy atom. The maximum absolute atomic E-state index is 10.4. The van der Waals surface area contributed by atoms with E-state index in [9.17, 15) is 4.79 Å². The van der Waals surface area contributed by atoms with Crippen LogP contribution in [0, 0.1) is 5.92 Å². The lowest BCUT2D eigenvalue weighted by Gasteiger charge is -2.26. The molecule has 0 unspecified atom stereocenters. The fourth-order valence-electron chi connectivity index (χ4n) is 1.70. The summed E-state index contributed by atoms with van der Waals surface area (Å²) in [5.74, 6) is 0.213. The van der Waals surface area contributed by atoms with Gasteiger partial charge in [-0.05, 0) is 13.0 Å². The predicted octanol–water partition coefficient (Wildman–Crippen LogP) is 1.90. The monoisotopic (exact) mass is 258 g/mol. The second-order valence-electron chi connectivity index (χ2n) is 4.93. The topological polar surface area (TPSA) is 41.6 Å². The Morgan fingerprint density at radius 1 is 1.28 bits per heavy atom. The second kappa shape index (κ2) is 11.5. The molecule has 18 heavy (non-hydrogen) atoms. The van der Waals surface area contributed by atoms with Crippen molar-refractivity contribution in [3.63, 3.8) is 0 Å². The van der Waals surface area contributed by atoms with Crippen molar-refractivity contribution in [2.75, 3.05) is 39.9 Å². The maximum atomic E-state index is 10.4. The molecule has 1 fully saturated rings. The van der Waals surface area contributed by atoms with E-state index in [0.717, 1.165) is 26.3 Å². The SMILES string of the molecule is CCCCCN1CCOCC1.CNC(=O)C(C)C. The number of ether oxygens (including phenoxy) is 1. The van der Waals surface area contributed by atoms with E-state index >= 15 is 0 Å². The van der Waals surface area contributed by atoms with Gasteiger partial charge in [0.25, 0.3) is 0 Å². The standard InChI is InChI=1S/C9H19NO.C5H11NO/c1-2-3-4-5-10-6-8-11-9-7-10;1-4(2)5(7)6-3/h2-9H2,1H3;4H,1-3H3,(H,6,7). The summed E-state index contributed by atoms with van der Waals surface area (Å²) in [5.41, 5.74) is 0. The van der Waals surface area contributed by atoms with Gasteiger partial charge in [0.2, 0.25) is 5.91 Å². The van der Waals surface area contributed by atoms with E-state index in [4.69, 9.17) is 4.74 Å². The van der Waals surface area contributed by atoms with Gasteiger partial charge in [-0.3, -0.25) is 9.69 Å². The molecule has 1 rings (SSSR count). The highest BCUT2D eigenvalue weighted by Gasteiger charge is 2.08. The number of nitrogens with zero attached hydrogens (tertiary/aromatic N) is 1. The van der Waals surface area contributed by atoms with Gasteiger partial charge in [-0.2, -0.15) is 0 Å². The van der Waals surface area contributed by atoms with Gasteiger partial charge in [-0.25, -0.2) is 0 Å². The molecule has 1 aliphatic rings. The molecule has 0 aromatic heterocycles. The molecule has 0 radical (unpaired) electrons. The summed E-state index contributed by atoms with van der Waals surface area (Å²) in [6, 6.07) is 0. The fraction of sp³-hybridized carbons (Fsp3) is 0.929. The molecule has 0 aromatic carbocycles. The Morgan fingerprint density at radius 2 is 1.89 bits per heavy atom. The van der Waals surface area contributed by atoms with Crippen LogP contribution in [-0.4, -0.2) is 50.7 Å². The third kappa shape index (κ3) is 9.42. The zero-order chi connectivity index (χ0) is 13.8. The van der Waals surface area contributed by atoms with Crippen LogP contribution in [0.25, 0.3) is 0 Å². The minimum Gasteiger partial charge on any atom is -0.379 e. The summed E-state index contributed by atoms with van der Waals surface area (Å²) in [6.45, 7) is 11.4. The smallest absolute Gasteiger partial charge is 0.222 e. The summed E-state index contributed by atoms with van der Waals surface area (Å²) in [6.07, 6.45) is 4.05. The number of nitrogens with one attached hydrogen (secondary N) is 1. The number of rotatable bonds is 5. The van der Waals surface area contributed by atoms with Crippen LogP contribution in [0.4, 0.5) is 0 Å². The van der Waals surface area contributed by atoms with Gasteiger partial charge in [-0.1, -0.05) is 33.6 Å². The van der Waals surface area contributed by atoms with E-state index in [2.05, 4.69) is 17.1 Å². The third-order valence-corrected chi connectivity index (χ3v) is 2.95. The molecule has 0 aromatic rings. The lowest BCUT2D eigenvalue weighted by Crippen LogP contribution is -2.36. The molecule has 0 saturated carbocycles. The van der Waals surface area contributed by atoms with Gasteiger partial charge in [0.15, 0.2) is 0 Å². The van der Waals surface area contributed by atoms with Crippen LogP contribution in [0.5, 0.6) is 0 Å². The van der Waals surface area contributed by atoms with Gasteiger partial charge >= 0.3 is 0 Å². The van der Waals surface area contributed by atoms with Crippen LogP contribution >= 0.6 is 0 Å². The Labute approximate surface area is 112 Å². The Kier molecular flexibility index (Phi) is 11.1. The van der Waals surface area contributed by atoms with E-state index in [1.54, 1.807) is 7.05 Å². The van der Waals surface area contributed by atoms with Crippen LogP contribution < -0.4 is 5.32 Å². The molecule has 4 nitrogen and oxygen atoms in total. The molecular weight excluding hydrogens is 228 g/mol. The van der Waals surface area contributed by atoms with Crippen LogP contribution in [0.15, 0.2) is 0 Å². The Hall–Kier alpha value is -0.610. The van der Waals surface area contributed by atoms with Crippen molar-refractivity contribution >= 4 is 5.91 Å².